The first-order valence-corrected chi connectivity index (χ1v) is 4.74. The Morgan fingerprint density at radius 1 is 1.40 bits per heavy atom. The van der Waals surface area contributed by atoms with Crippen molar-refractivity contribution < 1.29 is 0 Å². The van der Waals surface area contributed by atoms with Crippen molar-refractivity contribution >= 4 is 47.2 Å². The van der Waals surface area contributed by atoms with E-state index < -0.39 is 0 Å². The van der Waals surface area contributed by atoms with Crippen LogP contribution in [0.5, 0.6) is 0 Å². The summed E-state index contributed by atoms with van der Waals surface area (Å²) in [5.41, 5.74) is 3.49. The van der Waals surface area contributed by atoms with Crippen LogP contribution < -0.4 is 16.2 Å². The number of hydrazine groups is 1. The van der Waals surface area contributed by atoms with E-state index in [1.807, 2.05) is 29.2 Å². The molecular weight excluding hydrogens is 326 g/mol. The molecule has 1 aliphatic heterocycles. The van der Waals surface area contributed by atoms with E-state index in [1.165, 1.54) is 0 Å². The summed E-state index contributed by atoms with van der Waals surface area (Å²) >= 11 is 6.06. The van der Waals surface area contributed by atoms with Crippen molar-refractivity contribution in [3.8, 4) is 0 Å². The number of hydrogen-bond acceptors (Lipinski definition) is 4. The number of nitrogens with zero attached hydrogens (tertiary/aromatic N) is 2. The third-order valence-corrected chi connectivity index (χ3v) is 2.43. The Kier molecular flexibility index (Phi) is 4.62. The molecule has 82 valence electrons. The van der Waals surface area contributed by atoms with Gasteiger partial charge in [-0.25, -0.2) is 10.8 Å². The van der Waals surface area contributed by atoms with Crippen molar-refractivity contribution in [2.24, 2.45) is 10.8 Å². The quantitative estimate of drug-likeness (QED) is 0.465. The summed E-state index contributed by atoms with van der Waals surface area (Å²) in [6.07, 6.45) is 0. The number of nitrogens with two attached hydrogens (primary N) is 1. The van der Waals surface area contributed by atoms with E-state index in [4.69, 9.17) is 17.4 Å². The Morgan fingerprint density at radius 3 is 2.80 bits per heavy atom. The first kappa shape index (κ1) is 12.5. The largest absolute Gasteiger partial charge is 0.308 e. The van der Waals surface area contributed by atoms with Crippen LogP contribution in [0.1, 0.15) is 0 Å². The molecule has 0 saturated heterocycles. The molecule has 2 rings (SSSR count). The van der Waals surface area contributed by atoms with Crippen LogP contribution in [0.4, 0.5) is 5.69 Å². The second-order valence-corrected chi connectivity index (χ2v) is 3.36. The zero-order chi connectivity index (χ0) is 9.97. The van der Waals surface area contributed by atoms with E-state index in [0.29, 0.717) is 11.0 Å². The summed E-state index contributed by atoms with van der Waals surface area (Å²) in [6, 6.07) is 7.63. The molecule has 1 aliphatic rings. The maximum absolute atomic E-state index is 6.06. The minimum absolute atomic E-state index is 0. The van der Waals surface area contributed by atoms with E-state index in [-0.39, 0.29) is 24.0 Å². The van der Waals surface area contributed by atoms with Crippen LogP contribution in [0.2, 0.25) is 5.02 Å². The van der Waals surface area contributed by atoms with Gasteiger partial charge in [-0.15, -0.1) is 24.0 Å². The average molecular weight is 339 g/mol. The molecule has 6 heteroatoms. The fraction of sp³-hybridized carbons (Fsp3) is 0.222. The van der Waals surface area contributed by atoms with Gasteiger partial charge < -0.3 is 4.90 Å². The molecule has 4 nitrogen and oxygen atoms in total. The van der Waals surface area contributed by atoms with Gasteiger partial charge in [-0.1, -0.05) is 23.7 Å². The van der Waals surface area contributed by atoms with Crippen LogP contribution >= 0.6 is 35.6 Å². The highest BCUT2D eigenvalue weighted by atomic mass is 127. The van der Waals surface area contributed by atoms with Crippen molar-refractivity contribution in [3.05, 3.63) is 29.3 Å². The van der Waals surface area contributed by atoms with Crippen LogP contribution in [-0.4, -0.2) is 19.0 Å². The first-order chi connectivity index (χ1) is 6.83. The van der Waals surface area contributed by atoms with E-state index in [1.54, 1.807) is 0 Å². The predicted octanol–water partition coefficient (Wildman–Crippen LogP) is 1.60. The number of rotatable bonds is 1. The zero-order valence-corrected chi connectivity index (χ0v) is 11.1. The number of anilines is 1. The highest BCUT2D eigenvalue weighted by Crippen LogP contribution is 2.26. The third kappa shape index (κ3) is 2.53. The Bertz CT molecular complexity index is 369. The maximum Gasteiger partial charge on any atom is 0.213 e. The fourth-order valence-corrected chi connectivity index (χ4v) is 1.71. The molecule has 0 atom stereocenters. The molecule has 0 bridgehead atoms. The molecular formula is C9H12ClIN4. The van der Waals surface area contributed by atoms with Gasteiger partial charge in [0.15, 0.2) is 0 Å². The lowest BCUT2D eigenvalue weighted by molar-refractivity contribution is 0.976. The Hall–Kier alpha value is -0.530. The number of benzene rings is 1. The summed E-state index contributed by atoms with van der Waals surface area (Å²) in [4.78, 5) is 6.16. The van der Waals surface area contributed by atoms with E-state index in [2.05, 4.69) is 10.4 Å². The van der Waals surface area contributed by atoms with Crippen LogP contribution in [-0.2, 0) is 0 Å². The minimum Gasteiger partial charge on any atom is -0.308 e. The molecule has 1 aromatic rings. The summed E-state index contributed by atoms with van der Waals surface area (Å²) in [7, 11) is 0. The first-order valence-electron chi connectivity index (χ1n) is 4.36. The maximum atomic E-state index is 6.06. The molecule has 0 saturated carbocycles. The topological polar surface area (TPSA) is 53.6 Å². The van der Waals surface area contributed by atoms with Gasteiger partial charge in [0, 0.05) is 6.54 Å². The number of halogens is 2. The smallest absolute Gasteiger partial charge is 0.213 e. The van der Waals surface area contributed by atoms with Crippen molar-refractivity contribution in [2.45, 2.75) is 0 Å². The van der Waals surface area contributed by atoms with Crippen LogP contribution in [0.25, 0.3) is 0 Å². The third-order valence-electron chi connectivity index (χ3n) is 2.11. The normalized spacial score (nSPS) is 14.5. The highest BCUT2D eigenvalue weighted by Gasteiger charge is 2.19. The Morgan fingerprint density at radius 2 is 2.13 bits per heavy atom. The lowest BCUT2D eigenvalue weighted by Gasteiger charge is -2.20. The second kappa shape index (κ2) is 5.53. The molecule has 0 amide bonds. The molecule has 3 N–H and O–H groups in total. The lowest BCUT2D eigenvalue weighted by atomic mass is 10.3. The van der Waals surface area contributed by atoms with E-state index in [0.717, 1.165) is 18.8 Å². The van der Waals surface area contributed by atoms with Gasteiger partial charge in [0.05, 0.1) is 17.3 Å². The van der Waals surface area contributed by atoms with E-state index in [9.17, 15) is 0 Å². The SMILES string of the molecule is I.NNC1=NCCN1c1ccccc1Cl. The Balaban J connectivity index is 0.00000112. The molecule has 0 unspecified atom stereocenters. The van der Waals surface area contributed by atoms with Crippen molar-refractivity contribution in [2.75, 3.05) is 18.0 Å². The molecule has 0 radical (unpaired) electrons. The van der Waals surface area contributed by atoms with Crippen molar-refractivity contribution in [1.82, 2.24) is 5.43 Å². The number of guanidine groups is 1. The lowest BCUT2D eigenvalue weighted by Crippen LogP contribution is -2.42. The highest BCUT2D eigenvalue weighted by molar-refractivity contribution is 14.0. The summed E-state index contributed by atoms with van der Waals surface area (Å²) in [5.74, 6) is 6.01. The zero-order valence-electron chi connectivity index (χ0n) is 7.98. The molecule has 0 spiro atoms. The van der Waals surface area contributed by atoms with Crippen LogP contribution in [0.3, 0.4) is 0 Å². The second-order valence-electron chi connectivity index (χ2n) is 2.95. The molecule has 0 fully saturated rings. The number of para-hydroxylation sites is 1. The van der Waals surface area contributed by atoms with Gasteiger partial charge >= 0.3 is 0 Å². The molecule has 1 heterocycles. The summed E-state index contributed by atoms with van der Waals surface area (Å²) in [5, 5.41) is 0.706. The minimum atomic E-state index is 0. The summed E-state index contributed by atoms with van der Waals surface area (Å²) < 4.78 is 0. The van der Waals surface area contributed by atoms with Gasteiger partial charge in [0.1, 0.15) is 0 Å². The number of nitrogens with one attached hydrogen (secondary N) is 1. The molecule has 1 aromatic carbocycles. The van der Waals surface area contributed by atoms with Gasteiger partial charge in [0.2, 0.25) is 5.96 Å². The molecule has 15 heavy (non-hydrogen) atoms. The Labute approximate surface area is 110 Å². The standard InChI is InChI=1S/C9H11ClN4.HI/c10-7-3-1-2-4-8(7)14-6-5-12-9(14)13-11;/h1-4H,5-6,11H2,(H,12,13);1H. The van der Waals surface area contributed by atoms with Crippen molar-refractivity contribution in [3.63, 3.8) is 0 Å². The number of hydrogen-bond donors (Lipinski definition) is 2. The fourth-order valence-electron chi connectivity index (χ4n) is 1.48. The monoisotopic (exact) mass is 338 g/mol. The van der Waals surface area contributed by atoms with Crippen LogP contribution in [0.15, 0.2) is 29.3 Å². The van der Waals surface area contributed by atoms with Gasteiger partial charge in [-0.05, 0) is 12.1 Å². The number of aliphatic imine (C=N–C) groups is 1. The van der Waals surface area contributed by atoms with E-state index >= 15 is 0 Å². The van der Waals surface area contributed by atoms with Gasteiger partial charge in [-0.3, -0.25) is 5.43 Å². The van der Waals surface area contributed by atoms with Crippen molar-refractivity contribution in [1.29, 1.82) is 0 Å². The van der Waals surface area contributed by atoms with Gasteiger partial charge in [0.25, 0.3) is 0 Å². The summed E-state index contributed by atoms with van der Waals surface area (Å²) in [6.45, 7) is 1.55. The van der Waals surface area contributed by atoms with Gasteiger partial charge in [-0.2, -0.15) is 0 Å². The molecule has 0 aliphatic carbocycles. The average Bonchev–Trinajstić information content (AvgIpc) is 2.66. The molecule has 0 aromatic heterocycles. The predicted molar refractivity (Wildman–Crippen MR) is 73.8 cm³/mol. The van der Waals surface area contributed by atoms with Crippen LogP contribution in [0, 0.1) is 0 Å².